The molecule has 0 bridgehead atoms. The number of rotatable bonds is 4. The quantitative estimate of drug-likeness (QED) is 0.786. The summed E-state index contributed by atoms with van der Waals surface area (Å²) >= 11 is 0. The first kappa shape index (κ1) is 14.6. The molecule has 1 atom stereocenters. The van der Waals surface area contributed by atoms with Gasteiger partial charge in [-0.15, -0.1) is 0 Å². The van der Waals surface area contributed by atoms with Crippen LogP contribution < -0.4 is 4.74 Å². The lowest BCUT2D eigenvalue weighted by atomic mass is 10.0. The molecule has 20 heavy (non-hydrogen) atoms. The minimum Gasteiger partial charge on any atom is -0.490 e. The molecule has 0 spiro atoms. The molecule has 1 heterocycles. The Bertz CT molecular complexity index is 453. The molecular formula is C17H23NO2. The number of benzene rings is 1. The fraction of sp³-hybridized carbons (Fsp3) is 0.471. The van der Waals surface area contributed by atoms with Crippen molar-refractivity contribution in [2.24, 2.45) is 5.92 Å². The van der Waals surface area contributed by atoms with Crippen molar-refractivity contribution in [1.82, 2.24) is 4.90 Å². The molecular weight excluding hydrogens is 250 g/mol. The van der Waals surface area contributed by atoms with Crippen molar-refractivity contribution in [1.29, 1.82) is 0 Å². The van der Waals surface area contributed by atoms with E-state index >= 15 is 0 Å². The van der Waals surface area contributed by atoms with Crippen molar-refractivity contribution in [2.45, 2.75) is 26.2 Å². The van der Waals surface area contributed by atoms with Gasteiger partial charge >= 0.3 is 0 Å². The summed E-state index contributed by atoms with van der Waals surface area (Å²) in [5.74, 6) is 1.63. The van der Waals surface area contributed by atoms with Crippen LogP contribution in [0, 0.1) is 5.92 Å². The first-order chi connectivity index (χ1) is 9.70. The predicted octanol–water partition coefficient (Wildman–Crippen LogP) is 3.51. The number of amides is 1. The van der Waals surface area contributed by atoms with Crippen LogP contribution in [-0.4, -0.2) is 30.5 Å². The van der Waals surface area contributed by atoms with E-state index in [9.17, 15) is 4.79 Å². The van der Waals surface area contributed by atoms with Crippen molar-refractivity contribution >= 4 is 5.91 Å². The van der Waals surface area contributed by atoms with Gasteiger partial charge in [-0.05, 0) is 49.4 Å². The van der Waals surface area contributed by atoms with E-state index in [1.807, 2.05) is 29.2 Å². The molecule has 0 aliphatic carbocycles. The maximum absolute atomic E-state index is 12.5. The topological polar surface area (TPSA) is 29.5 Å². The Hall–Kier alpha value is -1.77. The molecule has 1 aromatic carbocycles. The van der Waals surface area contributed by atoms with Crippen LogP contribution in [0.15, 0.2) is 36.9 Å². The van der Waals surface area contributed by atoms with E-state index in [4.69, 9.17) is 4.74 Å². The summed E-state index contributed by atoms with van der Waals surface area (Å²) in [4.78, 5) is 14.4. The summed E-state index contributed by atoms with van der Waals surface area (Å²) in [6.45, 7) is 8.10. The van der Waals surface area contributed by atoms with Crippen molar-refractivity contribution < 1.29 is 9.53 Å². The normalized spacial score (nSPS) is 19.2. The standard InChI is InChI=1S/C17H23NO2/c1-3-13-20-16-8-6-15(7-9-16)17(19)18-11-4-5-14(2)10-12-18/h3,6-9,14H,1,4-5,10-13H2,2H3. The third-order valence-corrected chi connectivity index (χ3v) is 3.77. The Morgan fingerprint density at radius 2 is 2.10 bits per heavy atom. The number of hydrogen-bond donors (Lipinski definition) is 0. The lowest BCUT2D eigenvalue weighted by molar-refractivity contribution is 0.0760. The van der Waals surface area contributed by atoms with Crippen LogP contribution in [0.25, 0.3) is 0 Å². The molecule has 0 radical (unpaired) electrons. The zero-order valence-corrected chi connectivity index (χ0v) is 12.2. The first-order valence-electron chi connectivity index (χ1n) is 7.33. The van der Waals surface area contributed by atoms with Crippen LogP contribution in [0.3, 0.4) is 0 Å². The van der Waals surface area contributed by atoms with Crippen LogP contribution in [0.2, 0.25) is 0 Å². The molecule has 0 saturated carbocycles. The lowest BCUT2D eigenvalue weighted by Crippen LogP contribution is -2.31. The van der Waals surface area contributed by atoms with Crippen LogP contribution in [0.5, 0.6) is 5.75 Å². The molecule has 0 N–H and O–H groups in total. The monoisotopic (exact) mass is 273 g/mol. The number of carbonyl (C=O) groups excluding carboxylic acids is 1. The Kier molecular flexibility index (Phi) is 5.22. The van der Waals surface area contributed by atoms with Gasteiger partial charge in [-0.2, -0.15) is 0 Å². The third kappa shape index (κ3) is 3.86. The number of likely N-dealkylation sites (tertiary alicyclic amines) is 1. The van der Waals surface area contributed by atoms with Gasteiger partial charge in [0.1, 0.15) is 12.4 Å². The van der Waals surface area contributed by atoms with E-state index in [1.54, 1.807) is 6.08 Å². The molecule has 108 valence electrons. The van der Waals surface area contributed by atoms with Gasteiger partial charge in [-0.3, -0.25) is 4.79 Å². The number of carbonyl (C=O) groups is 1. The third-order valence-electron chi connectivity index (χ3n) is 3.77. The van der Waals surface area contributed by atoms with Gasteiger partial charge in [-0.1, -0.05) is 19.6 Å². The van der Waals surface area contributed by atoms with Crippen LogP contribution >= 0.6 is 0 Å². The van der Waals surface area contributed by atoms with Gasteiger partial charge in [0.2, 0.25) is 0 Å². The number of nitrogens with zero attached hydrogens (tertiary/aromatic N) is 1. The highest BCUT2D eigenvalue weighted by molar-refractivity contribution is 5.94. The van der Waals surface area contributed by atoms with Gasteiger partial charge in [-0.25, -0.2) is 0 Å². The van der Waals surface area contributed by atoms with Crippen molar-refractivity contribution in [3.05, 3.63) is 42.5 Å². The molecule has 1 fully saturated rings. The van der Waals surface area contributed by atoms with Gasteiger partial charge in [0.25, 0.3) is 5.91 Å². The highest BCUT2D eigenvalue weighted by Crippen LogP contribution is 2.19. The van der Waals surface area contributed by atoms with E-state index in [-0.39, 0.29) is 5.91 Å². The summed E-state index contributed by atoms with van der Waals surface area (Å²) in [5.41, 5.74) is 0.741. The molecule has 0 aromatic heterocycles. The predicted molar refractivity (Wildman–Crippen MR) is 81.1 cm³/mol. The Labute approximate surface area is 121 Å². The van der Waals surface area contributed by atoms with Gasteiger partial charge in [0.15, 0.2) is 0 Å². The maximum Gasteiger partial charge on any atom is 0.253 e. The lowest BCUT2D eigenvalue weighted by Gasteiger charge is -2.20. The minimum atomic E-state index is 0.134. The number of hydrogen-bond acceptors (Lipinski definition) is 2. The van der Waals surface area contributed by atoms with Crippen molar-refractivity contribution in [2.75, 3.05) is 19.7 Å². The second-order valence-corrected chi connectivity index (χ2v) is 5.45. The molecule has 1 aliphatic heterocycles. The van der Waals surface area contributed by atoms with Crippen LogP contribution in [0.4, 0.5) is 0 Å². The summed E-state index contributed by atoms with van der Waals surface area (Å²) in [7, 11) is 0. The van der Waals surface area contributed by atoms with Gasteiger partial charge in [0.05, 0.1) is 0 Å². The van der Waals surface area contributed by atoms with E-state index in [1.165, 1.54) is 6.42 Å². The smallest absolute Gasteiger partial charge is 0.253 e. The summed E-state index contributed by atoms with van der Waals surface area (Å²) in [5, 5.41) is 0. The average molecular weight is 273 g/mol. The summed E-state index contributed by atoms with van der Waals surface area (Å²) in [6.07, 6.45) is 5.13. The fourth-order valence-electron chi connectivity index (χ4n) is 2.50. The molecule has 3 nitrogen and oxygen atoms in total. The van der Waals surface area contributed by atoms with E-state index < -0.39 is 0 Å². The Morgan fingerprint density at radius 3 is 2.80 bits per heavy atom. The second kappa shape index (κ2) is 7.13. The van der Waals surface area contributed by atoms with Crippen molar-refractivity contribution in [3.8, 4) is 5.75 Å². The molecule has 1 aromatic rings. The highest BCUT2D eigenvalue weighted by atomic mass is 16.5. The average Bonchev–Trinajstić information content (AvgIpc) is 2.70. The summed E-state index contributed by atoms with van der Waals surface area (Å²) in [6, 6.07) is 7.37. The molecule has 1 aliphatic rings. The van der Waals surface area contributed by atoms with Gasteiger partial charge < -0.3 is 9.64 Å². The van der Waals surface area contributed by atoms with E-state index in [0.717, 1.165) is 43.2 Å². The SMILES string of the molecule is C=CCOc1ccc(C(=O)N2CCCC(C)CC2)cc1. The Morgan fingerprint density at radius 1 is 1.35 bits per heavy atom. The van der Waals surface area contributed by atoms with E-state index in [2.05, 4.69) is 13.5 Å². The molecule has 1 saturated heterocycles. The van der Waals surface area contributed by atoms with Crippen LogP contribution in [-0.2, 0) is 0 Å². The number of ether oxygens (including phenoxy) is 1. The van der Waals surface area contributed by atoms with Crippen LogP contribution in [0.1, 0.15) is 36.5 Å². The zero-order valence-electron chi connectivity index (χ0n) is 12.2. The first-order valence-corrected chi connectivity index (χ1v) is 7.33. The Balaban J connectivity index is 1.99. The fourth-order valence-corrected chi connectivity index (χ4v) is 2.50. The molecule has 3 heteroatoms. The largest absolute Gasteiger partial charge is 0.490 e. The minimum absolute atomic E-state index is 0.134. The maximum atomic E-state index is 12.5. The van der Waals surface area contributed by atoms with Gasteiger partial charge in [0, 0.05) is 18.7 Å². The second-order valence-electron chi connectivity index (χ2n) is 5.45. The van der Waals surface area contributed by atoms with Crippen molar-refractivity contribution in [3.63, 3.8) is 0 Å². The highest BCUT2D eigenvalue weighted by Gasteiger charge is 2.19. The zero-order chi connectivity index (χ0) is 14.4. The molecule has 2 rings (SSSR count). The summed E-state index contributed by atoms with van der Waals surface area (Å²) < 4.78 is 5.43. The molecule has 1 unspecified atom stereocenters. The molecule has 1 amide bonds. The van der Waals surface area contributed by atoms with E-state index in [0.29, 0.717) is 6.61 Å².